The smallest absolute Gasteiger partial charge is 0.255 e. The van der Waals surface area contributed by atoms with Crippen LogP contribution in [0.4, 0.5) is 11.4 Å². The number of nitrogen functional groups attached to an aromatic ring is 1. The van der Waals surface area contributed by atoms with Gasteiger partial charge in [-0.05, 0) is 55.5 Å². The Morgan fingerprint density at radius 3 is 2.52 bits per heavy atom. The molecule has 168 valence electrons. The maximum atomic E-state index is 12.7. The van der Waals surface area contributed by atoms with E-state index in [1.165, 1.54) is 5.56 Å². The molecular formula is C26H27N5OS. The number of nitrogens with one attached hydrogen (secondary N) is 2. The van der Waals surface area contributed by atoms with Gasteiger partial charge in [0.15, 0.2) is 0 Å². The molecule has 1 aliphatic rings. The van der Waals surface area contributed by atoms with E-state index in [9.17, 15) is 4.79 Å². The maximum Gasteiger partial charge on any atom is 0.255 e. The molecule has 1 aliphatic carbocycles. The minimum atomic E-state index is -0.170. The molecule has 2 heterocycles. The summed E-state index contributed by atoms with van der Waals surface area (Å²) in [5.74, 6) is 1.07. The molecule has 33 heavy (non-hydrogen) atoms. The van der Waals surface area contributed by atoms with Crippen LogP contribution in [0.15, 0.2) is 53.9 Å². The molecule has 1 amide bonds. The van der Waals surface area contributed by atoms with Crippen LogP contribution in [0.25, 0.3) is 11.4 Å². The van der Waals surface area contributed by atoms with Gasteiger partial charge in [0.25, 0.3) is 5.91 Å². The molecule has 0 radical (unpaired) electrons. The summed E-state index contributed by atoms with van der Waals surface area (Å²) in [5.41, 5.74) is 11.9. The molecule has 2 aromatic carbocycles. The van der Waals surface area contributed by atoms with Crippen LogP contribution >= 0.6 is 11.3 Å². The van der Waals surface area contributed by atoms with Crippen molar-refractivity contribution in [3.8, 4) is 11.4 Å². The Kier molecular flexibility index (Phi) is 5.29. The molecule has 0 unspecified atom stereocenters. The Morgan fingerprint density at radius 1 is 1.12 bits per heavy atom. The number of aromatic amines is 1. The number of nitrogens with two attached hydrogens (primary N) is 1. The molecule has 7 heteroatoms. The number of carbonyl (C=O) groups is 1. The first kappa shape index (κ1) is 21.4. The lowest BCUT2D eigenvalue weighted by Gasteiger charge is -2.14. The number of aryl methyl sites for hydroxylation is 1. The van der Waals surface area contributed by atoms with Crippen LogP contribution in [0.1, 0.15) is 65.1 Å². The van der Waals surface area contributed by atoms with Crippen molar-refractivity contribution in [3.05, 3.63) is 81.6 Å². The minimum absolute atomic E-state index is 0.0607. The third-order valence-corrected chi connectivity index (χ3v) is 7.27. The van der Waals surface area contributed by atoms with Crippen LogP contribution in [0.2, 0.25) is 0 Å². The lowest BCUT2D eigenvalue weighted by Crippen LogP contribution is -2.14. The summed E-state index contributed by atoms with van der Waals surface area (Å²) in [6.45, 7) is 6.28. The highest BCUT2D eigenvalue weighted by molar-refractivity contribution is 7.10. The number of nitrogens with zero attached hydrogens (tertiary/aromatic N) is 2. The zero-order valence-electron chi connectivity index (χ0n) is 19.0. The third kappa shape index (κ3) is 3.93. The van der Waals surface area contributed by atoms with E-state index in [0.717, 1.165) is 40.8 Å². The number of thiazole rings is 1. The number of rotatable bonds is 6. The fourth-order valence-corrected chi connectivity index (χ4v) is 5.32. The second-order valence-electron chi connectivity index (χ2n) is 8.98. The third-order valence-electron chi connectivity index (χ3n) is 6.23. The van der Waals surface area contributed by atoms with Gasteiger partial charge in [-0.25, -0.2) is 9.97 Å². The lowest BCUT2D eigenvalue weighted by molar-refractivity contribution is 0.102. The van der Waals surface area contributed by atoms with Gasteiger partial charge >= 0.3 is 0 Å². The zero-order chi connectivity index (χ0) is 23.2. The predicted molar refractivity (Wildman–Crippen MR) is 134 cm³/mol. The van der Waals surface area contributed by atoms with Gasteiger partial charge in [0.1, 0.15) is 10.8 Å². The lowest BCUT2D eigenvalue weighted by atomic mass is 9.95. The highest BCUT2D eigenvalue weighted by Crippen LogP contribution is 2.54. The summed E-state index contributed by atoms with van der Waals surface area (Å²) in [6.07, 6.45) is 2.12. The topological polar surface area (TPSA) is 96.7 Å². The average Bonchev–Trinajstić information content (AvgIpc) is 3.28. The van der Waals surface area contributed by atoms with Gasteiger partial charge in [0.05, 0.1) is 28.5 Å². The second-order valence-corrected chi connectivity index (χ2v) is 9.83. The van der Waals surface area contributed by atoms with Crippen LogP contribution in [0.5, 0.6) is 0 Å². The van der Waals surface area contributed by atoms with Crippen molar-refractivity contribution in [1.82, 2.24) is 15.0 Å². The Labute approximate surface area is 197 Å². The molecular weight excluding hydrogens is 430 g/mol. The van der Waals surface area contributed by atoms with Crippen LogP contribution in [0, 0.1) is 6.92 Å². The van der Waals surface area contributed by atoms with Gasteiger partial charge in [-0.1, -0.05) is 38.1 Å². The summed E-state index contributed by atoms with van der Waals surface area (Å²) < 4.78 is 0. The quantitative estimate of drug-likeness (QED) is 0.315. The highest BCUT2D eigenvalue weighted by Gasteiger charge is 2.48. The molecule has 0 aliphatic heterocycles. The van der Waals surface area contributed by atoms with Crippen LogP contribution < -0.4 is 11.1 Å². The first-order valence-electron chi connectivity index (χ1n) is 11.2. The van der Waals surface area contributed by atoms with Crippen molar-refractivity contribution in [2.24, 2.45) is 0 Å². The highest BCUT2D eigenvalue weighted by atomic mass is 32.1. The van der Waals surface area contributed by atoms with E-state index >= 15 is 0 Å². The maximum absolute atomic E-state index is 12.7. The molecule has 4 aromatic rings. The molecule has 4 N–H and O–H groups in total. The Hall–Kier alpha value is -3.45. The number of para-hydroxylation sites is 2. The molecule has 0 bridgehead atoms. The monoisotopic (exact) mass is 457 g/mol. The van der Waals surface area contributed by atoms with Crippen molar-refractivity contribution in [2.75, 3.05) is 11.1 Å². The second kappa shape index (κ2) is 8.15. The van der Waals surface area contributed by atoms with Crippen molar-refractivity contribution >= 4 is 28.6 Å². The number of imidazole rings is 1. The Morgan fingerprint density at radius 2 is 1.85 bits per heavy atom. The van der Waals surface area contributed by atoms with Crippen molar-refractivity contribution in [3.63, 3.8) is 0 Å². The number of amides is 1. The number of anilines is 2. The number of aromatic nitrogens is 3. The van der Waals surface area contributed by atoms with Gasteiger partial charge < -0.3 is 16.0 Å². The average molecular weight is 458 g/mol. The summed E-state index contributed by atoms with van der Waals surface area (Å²) in [7, 11) is 0. The van der Waals surface area contributed by atoms with E-state index in [2.05, 4.69) is 46.6 Å². The number of hydrogen-bond acceptors (Lipinski definition) is 5. The normalized spacial score (nSPS) is 14.4. The number of carbonyl (C=O) groups excluding carboxylic acids is 1. The number of benzene rings is 2. The Bertz CT molecular complexity index is 1310. The summed E-state index contributed by atoms with van der Waals surface area (Å²) in [4.78, 5) is 25.7. The standard InChI is InChI=1S/C26H27N5OS/c1-15(2)22-23(29-16(3)28-22)21-14-33-25(31-21)26(12-13-26)18-10-8-17(9-11-18)24(32)30-20-7-5-4-6-19(20)27/h4-11,14-15H,12-13,27H2,1-3H3,(H,28,29)(H,30,32). The molecule has 0 saturated heterocycles. The van der Waals surface area contributed by atoms with Crippen molar-refractivity contribution in [1.29, 1.82) is 0 Å². The van der Waals surface area contributed by atoms with E-state index in [-0.39, 0.29) is 11.3 Å². The van der Waals surface area contributed by atoms with E-state index in [1.807, 2.05) is 31.2 Å². The first-order chi connectivity index (χ1) is 15.9. The van der Waals surface area contributed by atoms with E-state index in [4.69, 9.17) is 10.7 Å². The van der Waals surface area contributed by atoms with Gasteiger partial charge in [-0.3, -0.25) is 4.79 Å². The molecule has 6 nitrogen and oxygen atoms in total. The fourth-order valence-electron chi connectivity index (χ4n) is 4.23. The Balaban J connectivity index is 1.37. The molecule has 5 rings (SSSR count). The summed E-state index contributed by atoms with van der Waals surface area (Å²) in [6, 6.07) is 15.1. The molecule has 0 atom stereocenters. The minimum Gasteiger partial charge on any atom is -0.397 e. The summed E-state index contributed by atoms with van der Waals surface area (Å²) in [5, 5.41) is 6.13. The fraction of sp³-hybridized carbons (Fsp3) is 0.269. The molecule has 0 spiro atoms. The van der Waals surface area contributed by atoms with E-state index in [1.54, 1.807) is 23.5 Å². The largest absolute Gasteiger partial charge is 0.397 e. The molecule has 1 saturated carbocycles. The molecule has 2 aromatic heterocycles. The first-order valence-corrected chi connectivity index (χ1v) is 12.0. The van der Waals surface area contributed by atoms with Gasteiger partial charge in [0.2, 0.25) is 0 Å². The van der Waals surface area contributed by atoms with Crippen LogP contribution in [-0.4, -0.2) is 20.9 Å². The van der Waals surface area contributed by atoms with Crippen LogP contribution in [-0.2, 0) is 5.41 Å². The van der Waals surface area contributed by atoms with E-state index < -0.39 is 0 Å². The van der Waals surface area contributed by atoms with Gasteiger partial charge in [-0.2, -0.15) is 0 Å². The van der Waals surface area contributed by atoms with E-state index in [0.29, 0.717) is 22.9 Å². The van der Waals surface area contributed by atoms with Gasteiger partial charge in [0, 0.05) is 16.4 Å². The summed E-state index contributed by atoms with van der Waals surface area (Å²) >= 11 is 1.70. The SMILES string of the molecule is Cc1nc(C(C)C)c(-c2csc(C3(c4ccc(C(=O)Nc5ccccc5N)cc4)CC3)n2)[nH]1. The number of hydrogen-bond donors (Lipinski definition) is 3. The number of H-pyrrole nitrogens is 1. The van der Waals surface area contributed by atoms with Gasteiger partial charge in [-0.15, -0.1) is 11.3 Å². The van der Waals surface area contributed by atoms with Crippen molar-refractivity contribution in [2.45, 2.75) is 44.9 Å². The molecule has 1 fully saturated rings. The van der Waals surface area contributed by atoms with Crippen LogP contribution in [0.3, 0.4) is 0 Å². The zero-order valence-corrected chi connectivity index (χ0v) is 19.8. The van der Waals surface area contributed by atoms with Crippen molar-refractivity contribution < 1.29 is 4.79 Å². The predicted octanol–water partition coefficient (Wildman–Crippen LogP) is 5.88.